The van der Waals surface area contributed by atoms with E-state index in [-0.39, 0.29) is 18.2 Å². The first-order valence-corrected chi connectivity index (χ1v) is 4.79. The zero-order valence-corrected chi connectivity index (χ0v) is 8.54. The van der Waals surface area contributed by atoms with Gasteiger partial charge in [-0.3, -0.25) is 4.79 Å². The lowest BCUT2D eigenvalue weighted by atomic mass is 9.97. The summed E-state index contributed by atoms with van der Waals surface area (Å²) in [6, 6.07) is 0. The largest absolute Gasteiger partial charge is 0.462 e. The van der Waals surface area contributed by atoms with E-state index < -0.39 is 5.41 Å². The van der Waals surface area contributed by atoms with E-state index in [1.165, 1.54) is 0 Å². The minimum atomic E-state index is -0.437. The summed E-state index contributed by atoms with van der Waals surface area (Å²) in [4.78, 5) is 11.4. The number of aliphatic hydroxyl groups is 1. The second-order valence-corrected chi connectivity index (χ2v) is 4.74. The van der Waals surface area contributed by atoms with Crippen LogP contribution in [0.4, 0.5) is 0 Å². The van der Waals surface area contributed by atoms with Crippen molar-refractivity contribution in [2.75, 3.05) is 0 Å². The van der Waals surface area contributed by atoms with Crippen molar-refractivity contribution in [3.05, 3.63) is 0 Å². The zero-order chi connectivity index (χ0) is 10.1. The molecular weight excluding hydrogens is 168 g/mol. The summed E-state index contributed by atoms with van der Waals surface area (Å²) in [6.07, 6.45) is 1.80. The molecule has 1 rings (SSSR count). The lowest BCUT2D eigenvalue weighted by Gasteiger charge is -2.20. The highest BCUT2D eigenvalue weighted by atomic mass is 16.5. The van der Waals surface area contributed by atoms with Crippen LogP contribution in [0.1, 0.15) is 40.0 Å². The van der Waals surface area contributed by atoms with Crippen molar-refractivity contribution in [3.63, 3.8) is 0 Å². The summed E-state index contributed by atoms with van der Waals surface area (Å²) in [5.74, 6) is -0.174. The minimum absolute atomic E-state index is 0.0678. The van der Waals surface area contributed by atoms with E-state index in [9.17, 15) is 9.90 Å². The molecule has 76 valence electrons. The van der Waals surface area contributed by atoms with Crippen LogP contribution < -0.4 is 0 Å². The van der Waals surface area contributed by atoms with Gasteiger partial charge in [-0.25, -0.2) is 0 Å². The van der Waals surface area contributed by atoms with Crippen molar-refractivity contribution >= 4 is 5.97 Å². The normalized spacial score (nSPS) is 28.9. The highest BCUT2D eigenvalue weighted by Crippen LogP contribution is 2.25. The molecule has 13 heavy (non-hydrogen) atoms. The maximum Gasteiger partial charge on any atom is 0.311 e. The molecule has 0 spiro atoms. The summed E-state index contributed by atoms with van der Waals surface area (Å²) < 4.78 is 5.25. The van der Waals surface area contributed by atoms with Crippen LogP contribution in [-0.2, 0) is 9.53 Å². The number of esters is 1. The third kappa shape index (κ3) is 2.99. The van der Waals surface area contributed by atoms with Gasteiger partial charge in [0.25, 0.3) is 0 Å². The quantitative estimate of drug-likeness (QED) is 0.631. The molecule has 3 heteroatoms. The second-order valence-electron chi connectivity index (χ2n) is 4.74. The van der Waals surface area contributed by atoms with Crippen molar-refractivity contribution in [3.8, 4) is 0 Å². The molecule has 0 aromatic rings. The molecule has 0 bridgehead atoms. The van der Waals surface area contributed by atoms with Crippen LogP contribution in [0.3, 0.4) is 0 Å². The lowest BCUT2D eigenvalue weighted by molar-refractivity contribution is -0.158. The first kappa shape index (κ1) is 10.5. The third-order valence-corrected chi connectivity index (χ3v) is 2.24. The smallest absolute Gasteiger partial charge is 0.311 e. The van der Waals surface area contributed by atoms with Gasteiger partial charge in [0.05, 0.1) is 11.5 Å². The first-order valence-electron chi connectivity index (χ1n) is 4.79. The SMILES string of the molecule is CC(C)(C)C(=O)O[C@@H]1CCC(O)C1. The van der Waals surface area contributed by atoms with E-state index in [0.29, 0.717) is 6.42 Å². The van der Waals surface area contributed by atoms with Crippen molar-refractivity contribution < 1.29 is 14.6 Å². The van der Waals surface area contributed by atoms with E-state index >= 15 is 0 Å². The second kappa shape index (κ2) is 3.66. The van der Waals surface area contributed by atoms with E-state index in [1.807, 2.05) is 20.8 Å². The van der Waals surface area contributed by atoms with Gasteiger partial charge in [0.15, 0.2) is 0 Å². The molecule has 0 amide bonds. The van der Waals surface area contributed by atoms with E-state index in [0.717, 1.165) is 12.8 Å². The number of carbonyl (C=O) groups is 1. The average molecular weight is 186 g/mol. The van der Waals surface area contributed by atoms with Crippen LogP contribution in [0.25, 0.3) is 0 Å². The van der Waals surface area contributed by atoms with Crippen molar-refractivity contribution in [2.24, 2.45) is 5.41 Å². The predicted molar refractivity (Wildman–Crippen MR) is 49.2 cm³/mol. The monoisotopic (exact) mass is 186 g/mol. The Kier molecular flexibility index (Phi) is 2.96. The van der Waals surface area contributed by atoms with Gasteiger partial charge in [-0.2, -0.15) is 0 Å². The maximum atomic E-state index is 11.4. The van der Waals surface area contributed by atoms with Crippen molar-refractivity contribution in [1.82, 2.24) is 0 Å². The molecule has 1 aliphatic carbocycles. The topological polar surface area (TPSA) is 46.5 Å². The van der Waals surface area contributed by atoms with Crippen molar-refractivity contribution in [2.45, 2.75) is 52.2 Å². The molecule has 1 saturated carbocycles. The summed E-state index contributed by atoms with van der Waals surface area (Å²) in [6.45, 7) is 5.50. The highest BCUT2D eigenvalue weighted by molar-refractivity contribution is 5.75. The van der Waals surface area contributed by atoms with Gasteiger partial charge >= 0.3 is 5.97 Å². The predicted octanol–water partition coefficient (Wildman–Crippen LogP) is 1.49. The van der Waals surface area contributed by atoms with Gasteiger partial charge in [0.2, 0.25) is 0 Å². The number of rotatable bonds is 1. The number of hydrogen-bond donors (Lipinski definition) is 1. The average Bonchev–Trinajstić information content (AvgIpc) is 2.33. The molecule has 0 aliphatic heterocycles. The van der Waals surface area contributed by atoms with Crippen LogP contribution >= 0.6 is 0 Å². The number of carbonyl (C=O) groups excluding carboxylic acids is 1. The van der Waals surface area contributed by atoms with Crippen LogP contribution in [0.2, 0.25) is 0 Å². The minimum Gasteiger partial charge on any atom is -0.462 e. The number of aliphatic hydroxyl groups excluding tert-OH is 1. The number of hydrogen-bond acceptors (Lipinski definition) is 3. The maximum absolute atomic E-state index is 11.4. The Balaban J connectivity index is 2.37. The molecule has 3 nitrogen and oxygen atoms in total. The Morgan fingerprint density at radius 3 is 2.38 bits per heavy atom. The standard InChI is InChI=1S/C10H18O3/c1-10(2,3)9(12)13-8-5-4-7(11)6-8/h7-8,11H,4-6H2,1-3H3/t7?,8-/m1/s1. The molecule has 2 atom stereocenters. The van der Waals surface area contributed by atoms with Gasteiger partial charge < -0.3 is 9.84 Å². The van der Waals surface area contributed by atoms with E-state index in [4.69, 9.17) is 4.74 Å². The summed E-state index contributed by atoms with van der Waals surface area (Å²) in [7, 11) is 0. The fourth-order valence-electron chi connectivity index (χ4n) is 1.35. The molecular formula is C10H18O3. The molecule has 1 N–H and O–H groups in total. The fourth-order valence-corrected chi connectivity index (χ4v) is 1.35. The van der Waals surface area contributed by atoms with Gasteiger partial charge in [-0.15, -0.1) is 0 Å². The van der Waals surface area contributed by atoms with Crippen LogP contribution in [0.5, 0.6) is 0 Å². The summed E-state index contributed by atoms with van der Waals surface area (Å²) >= 11 is 0. The Hall–Kier alpha value is -0.570. The van der Waals surface area contributed by atoms with Crippen LogP contribution in [-0.4, -0.2) is 23.3 Å². The van der Waals surface area contributed by atoms with E-state index in [2.05, 4.69) is 0 Å². The number of ether oxygens (including phenoxy) is 1. The zero-order valence-electron chi connectivity index (χ0n) is 8.54. The molecule has 0 aromatic heterocycles. The fraction of sp³-hybridized carbons (Fsp3) is 0.900. The molecule has 0 radical (unpaired) electrons. The Labute approximate surface area is 79.1 Å². The van der Waals surface area contributed by atoms with Crippen LogP contribution in [0.15, 0.2) is 0 Å². The molecule has 1 fully saturated rings. The van der Waals surface area contributed by atoms with Crippen LogP contribution in [0, 0.1) is 5.41 Å². The molecule has 0 saturated heterocycles. The van der Waals surface area contributed by atoms with Gasteiger partial charge in [-0.1, -0.05) is 0 Å². The summed E-state index contributed by atoms with van der Waals surface area (Å²) in [5, 5.41) is 9.22. The molecule has 0 heterocycles. The van der Waals surface area contributed by atoms with Gasteiger partial charge in [-0.05, 0) is 33.6 Å². The van der Waals surface area contributed by atoms with Gasteiger partial charge in [0, 0.05) is 6.42 Å². The Morgan fingerprint density at radius 2 is 2.00 bits per heavy atom. The molecule has 1 unspecified atom stereocenters. The molecule has 0 aromatic carbocycles. The molecule has 1 aliphatic rings. The third-order valence-electron chi connectivity index (χ3n) is 2.24. The highest BCUT2D eigenvalue weighted by Gasteiger charge is 2.30. The Morgan fingerprint density at radius 1 is 1.38 bits per heavy atom. The lowest BCUT2D eigenvalue weighted by Crippen LogP contribution is -2.27. The van der Waals surface area contributed by atoms with Crippen molar-refractivity contribution in [1.29, 1.82) is 0 Å². The first-order chi connectivity index (χ1) is 5.89. The van der Waals surface area contributed by atoms with E-state index in [1.54, 1.807) is 0 Å². The summed E-state index contributed by atoms with van der Waals surface area (Å²) in [5.41, 5.74) is -0.437. The van der Waals surface area contributed by atoms with Gasteiger partial charge in [0.1, 0.15) is 6.10 Å². The Bertz CT molecular complexity index is 193.